The van der Waals surface area contributed by atoms with Gasteiger partial charge in [0.25, 0.3) is 0 Å². The molecule has 2 saturated heterocycles. The van der Waals surface area contributed by atoms with E-state index in [4.69, 9.17) is 0 Å². The monoisotopic (exact) mass is 314 g/mol. The van der Waals surface area contributed by atoms with Gasteiger partial charge in [-0.25, -0.2) is 4.39 Å². The lowest BCUT2D eigenvalue weighted by molar-refractivity contribution is -0.0339. The second kappa shape index (κ2) is 5.42. The number of halogens is 1. The van der Waals surface area contributed by atoms with Crippen LogP contribution in [0.5, 0.6) is 0 Å². The van der Waals surface area contributed by atoms with Gasteiger partial charge < -0.3 is 5.32 Å². The minimum absolute atomic E-state index is 0.145. The molecule has 1 aromatic rings. The van der Waals surface area contributed by atoms with E-state index in [-0.39, 0.29) is 5.82 Å². The quantitative estimate of drug-likeness (QED) is 0.915. The topological polar surface area (TPSA) is 15.3 Å². The Morgan fingerprint density at radius 3 is 2.43 bits per heavy atom. The number of benzene rings is 1. The van der Waals surface area contributed by atoms with Gasteiger partial charge in [-0.2, -0.15) is 0 Å². The molecule has 0 bridgehead atoms. The Labute approximate surface area is 138 Å². The Balaban J connectivity index is 1.55. The van der Waals surface area contributed by atoms with Crippen molar-refractivity contribution in [2.45, 2.75) is 33.1 Å². The van der Waals surface area contributed by atoms with Crippen molar-refractivity contribution in [3.63, 3.8) is 0 Å². The van der Waals surface area contributed by atoms with Crippen LogP contribution in [0.25, 0.3) is 5.57 Å². The first-order chi connectivity index (χ1) is 10.9. The SMILES string of the molecule is CC1(C)CCC(CN2CC3(CNC3)C2)=C(c2ccc(F)cc2)C1. The fourth-order valence-corrected chi connectivity index (χ4v) is 4.45. The normalized spacial score (nSPS) is 26.0. The van der Waals surface area contributed by atoms with Crippen LogP contribution in [0.15, 0.2) is 29.8 Å². The lowest BCUT2D eigenvalue weighted by atomic mass is 9.71. The van der Waals surface area contributed by atoms with Gasteiger partial charge in [-0.3, -0.25) is 4.90 Å². The zero-order valence-corrected chi connectivity index (χ0v) is 14.3. The largest absolute Gasteiger partial charge is 0.315 e. The third-order valence-electron chi connectivity index (χ3n) is 5.91. The van der Waals surface area contributed by atoms with Gasteiger partial charge in [-0.1, -0.05) is 31.6 Å². The Bertz CT molecular complexity index is 618. The highest BCUT2D eigenvalue weighted by atomic mass is 19.1. The second-order valence-corrected chi connectivity index (χ2v) is 8.68. The van der Waals surface area contributed by atoms with Crippen LogP contribution in [0.2, 0.25) is 0 Å². The summed E-state index contributed by atoms with van der Waals surface area (Å²) in [5.41, 5.74) is 5.20. The molecule has 1 N–H and O–H groups in total. The average Bonchev–Trinajstić information content (AvgIpc) is 2.42. The maximum atomic E-state index is 13.3. The zero-order valence-electron chi connectivity index (χ0n) is 14.3. The maximum Gasteiger partial charge on any atom is 0.123 e. The van der Waals surface area contributed by atoms with Crippen LogP contribution in [0.3, 0.4) is 0 Å². The minimum atomic E-state index is -0.145. The average molecular weight is 314 g/mol. The summed E-state index contributed by atoms with van der Waals surface area (Å²) < 4.78 is 13.3. The Morgan fingerprint density at radius 2 is 1.83 bits per heavy atom. The third-order valence-corrected chi connectivity index (χ3v) is 5.91. The lowest BCUT2D eigenvalue weighted by Crippen LogP contribution is -2.71. The maximum absolute atomic E-state index is 13.3. The molecule has 124 valence electrons. The number of rotatable bonds is 3. The summed E-state index contributed by atoms with van der Waals surface area (Å²) in [5.74, 6) is -0.145. The fourth-order valence-electron chi connectivity index (χ4n) is 4.45. The van der Waals surface area contributed by atoms with E-state index in [1.165, 1.54) is 50.2 Å². The van der Waals surface area contributed by atoms with E-state index in [2.05, 4.69) is 24.1 Å². The van der Waals surface area contributed by atoms with Gasteiger partial charge in [0.2, 0.25) is 0 Å². The van der Waals surface area contributed by atoms with Crippen LogP contribution in [-0.4, -0.2) is 37.6 Å². The van der Waals surface area contributed by atoms with Gasteiger partial charge in [-0.15, -0.1) is 0 Å². The number of hydrogen-bond donors (Lipinski definition) is 1. The molecule has 0 amide bonds. The highest BCUT2D eigenvalue weighted by Crippen LogP contribution is 2.44. The molecule has 2 aliphatic heterocycles. The van der Waals surface area contributed by atoms with Crippen LogP contribution >= 0.6 is 0 Å². The molecular weight excluding hydrogens is 287 g/mol. The first-order valence-electron chi connectivity index (χ1n) is 8.85. The Hall–Kier alpha value is -1.19. The molecule has 0 radical (unpaired) electrons. The summed E-state index contributed by atoms with van der Waals surface area (Å²) in [4.78, 5) is 2.60. The van der Waals surface area contributed by atoms with E-state index >= 15 is 0 Å². The molecule has 2 nitrogen and oxygen atoms in total. The van der Waals surface area contributed by atoms with Crippen molar-refractivity contribution >= 4 is 5.57 Å². The van der Waals surface area contributed by atoms with Crippen molar-refractivity contribution in [3.8, 4) is 0 Å². The van der Waals surface area contributed by atoms with Crippen LogP contribution in [0, 0.1) is 16.6 Å². The highest BCUT2D eigenvalue weighted by molar-refractivity contribution is 5.70. The highest BCUT2D eigenvalue weighted by Gasteiger charge is 2.47. The van der Waals surface area contributed by atoms with E-state index in [1.807, 2.05) is 12.1 Å². The number of nitrogens with one attached hydrogen (secondary N) is 1. The standard InChI is InChI=1S/C20H27FN2/c1-19(2)8-7-16(10-23-13-20(14-23)11-22-12-20)18(9-19)15-3-5-17(21)6-4-15/h3-6,22H,7-14H2,1-2H3. The molecule has 23 heavy (non-hydrogen) atoms. The molecule has 0 aromatic heterocycles. The summed E-state index contributed by atoms with van der Waals surface area (Å²) in [6.07, 6.45) is 3.55. The number of likely N-dealkylation sites (tertiary alicyclic amines) is 1. The zero-order chi connectivity index (χ0) is 16.1. The van der Waals surface area contributed by atoms with Gasteiger partial charge in [0, 0.05) is 38.1 Å². The molecule has 2 heterocycles. The van der Waals surface area contributed by atoms with Crippen LogP contribution < -0.4 is 5.32 Å². The van der Waals surface area contributed by atoms with Gasteiger partial charge >= 0.3 is 0 Å². The van der Waals surface area contributed by atoms with E-state index in [0.717, 1.165) is 13.0 Å². The summed E-state index contributed by atoms with van der Waals surface area (Å²) in [5, 5.41) is 3.40. The van der Waals surface area contributed by atoms with Crippen molar-refractivity contribution in [1.82, 2.24) is 10.2 Å². The van der Waals surface area contributed by atoms with Crippen LogP contribution in [-0.2, 0) is 0 Å². The molecule has 0 atom stereocenters. The molecule has 1 aliphatic carbocycles. The van der Waals surface area contributed by atoms with Gasteiger partial charge in [-0.05, 0) is 47.9 Å². The molecule has 1 spiro atoms. The van der Waals surface area contributed by atoms with E-state index < -0.39 is 0 Å². The molecule has 0 unspecified atom stereocenters. The molecule has 3 aliphatic rings. The predicted octanol–water partition coefficient (Wildman–Crippen LogP) is 3.69. The van der Waals surface area contributed by atoms with Gasteiger partial charge in [0.1, 0.15) is 5.82 Å². The number of allylic oxidation sites excluding steroid dienone is 1. The summed E-state index contributed by atoms with van der Waals surface area (Å²) in [7, 11) is 0. The molecule has 1 aromatic carbocycles. The molecule has 0 saturated carbocycles. The van der Waals surface area contributed by atoms with Crippen molar-refractivity contribution in [2.75, 3.05) is 32.7 Å². The lowest BCUT2D eigenvalue weighted by Gasteiger charge is -2.56. The van der Waals surface area contributed by atoms with E-state index in [9.17, 15) is 4.39 Å². The predicted molar refractivity (Wildman–Crippen MR) is 92.7 cm³/mol. The first kappa shape index (κ1) is 15.3. The number of nitrogens with zero attached hydrogens (tertiary/aromatic N) is 1. The van der Waals surface area contributed by atoms with Crippen molar-refractivity contribution in [1.29, 1.82) is 0 Å². The molecule has 4 rings (SSSR count). The van der Waals surface area contributed by atoms with Gasteiger partial charge in [0.05, 0.1) is 0 Å². The van der Waals surface area contributed by atoms with E-state index in [0.29, 0.717) is 10.8 Å². The second-order valence-electron chi connectivity index (χ2n) is 8.68. The van der Waals surface area contributed by atoms with Gasteiger partial charge in [0.15, 0.2) is 0 Å². The summed E-state index contributed by atoms with van der Waals surface area (Å²) in [6.45, 7) is 10.7. The van der Waals surface area contributed by atoms with Crippen molar-refractivity contribution < 1.29 is 4.39 Å². The molecule has 2 fully saturated rings. The third kappa shape index (κ3) is 2.97. The van der Waals surface area contributed by atoms with Crippen molar-refractivity contribution in [2.24, 2.45) is 10.8 Å². The first-order valence-corrected chi connectivity index (χ1v) is 8.85. The van der Waals surface area contributed by atoms with E-state index in [1.54, 1.807) is 17.7 Å². The van der Waals surface area contributed by atoms with Crippen LogP contribution in [0.1, 0.15) is 38.7 Å². The Kier molecular flexibility index (Phi) is 3.62. The molecular formula is C20H27FN2. The minimum Gasteiger partial charge on any atom is -0.315 e. The number of hydrogen-bond acceptors (Lipinski definition) is 2. The summed E-state index contributed by atoms with van der Waals surface area (Å²) in [6, 6.07) is 7.11. The van der Waals surface area contributed by atoms with Crippen LogP contribution in [0.4, 0.5) is 4.39 Å². The molecule has 3 heteroatoms. The fraction of sp³-hybridized carbons (Fsp3) is 0.600. The smallest absolute Gasteiger partial charge is 0.123 e. The van der Waals surface area contributed by atoms with Crippen molar-refractivity contribution in [3.05, 3.63) is 41.2 Å². The summed E-state index contributed by atoms with van der Waals surface area (Å²) >= 11 is 0. The Morgan fingerprint density at radius 1 is 1.13 bits per heavy atom.